The van der Waals surface area contributed by atoms with Crippen molar-refractivity contribution in [3.63, 3.8) is 0 Å². The molecule has 15 heavy (non-hydrogen) atoms. The molecule has 0 radical (unpaired) electrons. The fourth-order valence-corrected chi connectivity index (χ4v) is 1.44. The van der Waals surface area contributed by atoms with Crippen LogP contribution >= 0.6 is 23.2 Å². The van der Waals surface area contributed by atoms with E-state index in [1.807, 2.05) is 0 Å². The Bertz CT molecular complexity index is 306. The Hall–Kier alpha value is -0.640. The van der Waals surface area contributed by atoms with E-state index in [0.717, 1.165) is 0 Å². The van der Waals surface area contributed by atoms with Gasteiger partial charge in [-0.2, -0.15) is 0 Å². The Morgan fingerprint density at radius 2 is 1.53 bits per heavy atom. The first-order valence-corrected chi connectivity index (χ1v) is 5.15. The van der Waals surface area contributed by atoms with Crippen LogP contribution in [0.5, 0.6) is 11.5 Å². The zero-order valence-electron chi connectivity index (χ0n) is 8.41. The minimum atomic E-state index is -0.961. The van der Waals surface area contributed by atoms with Crippen LogP contribution in [0, 0.1) is 0 Å². The summed E-state index contributed by atoms with van der Waals surface area (Å²) in [6.45, 7) is 0. The first-order chi connectivity index (χ1) is 7.08. The Kier molecular flexibility index (Phi) is 4.51. The minimum Gasteiger partial charge on any atom is -0.497 e. The molecule has 0 heterocycles. The van der Waals surface area contributed by atoms with Crippen molar-refractivity contribution in [2.24, 2.45) is 0 Å². The predicted octanol–water partition coefficient (Wildman–Crippen LogP) is 2.54. The van der Waals surface area contributed by atoms with Gasteiger partial charge in [-0.3, -0.25) is 0 Å². The smallest absolute Gasteiger partial charge is 0.137 e. The summed E-state index contributed by atoms with van der Waals surface area (Å²) in [6.07, 6.45) is -0.961. The van der Waals surface area contributed by atoms with E-state index in [1.54, 1.807) is 18.2 Å². The molecule has 0 bridgehead atoms. The molecule has 0 saturated carbocycles. The third-order valence-corrected chi connectivity index (χ3v) is 2.43. The second-order valence-corrected chi connectivity index (χ2v) is 4.09. The van der Waals surface area contributed by atoms with Gasteiger partial charge >= 0.3 is 0 Å². The van der Waals surface area contributed by atoms with Gasteiger partial charge in [0.2, 0.25) is 0 Å². The highest BCUT2D eigenvalue weighted by molar-refractivity contribution is 6.44. The average molecular weight is 251 g/mol. The summed E-state index contributed by atoms with van der Waals surface area (Å²) < 4.78 is 10.1. The Morgan fingerprint density at radius 1 is 1.07 bits per heavy atom. The fourth-order valence-electron chi connectivity index (χ4n) is 1.15. The third kappa shape index (κ3) is 3.16. The zero-order valence-corrected chi connectivity index (χ0v) is 9.92. The first-order valence-electron chi connectivity index (χ1n) is 4.27. The van der Waals surface area contributed by atoms with Crippen LogP contribution in [0.2, 0.25) is 0 Å². The number of rotatable bonds is 4. The highest BCUT2D eigenvalue weighted by Gasteiger charge is 2.17. The second-order valence-electron chi connectivity index (χ2n) is 2.93. The van der Waals surface area contributed by atoms with Crippen molar-refractivity contribution in [1.82, 2.24) is 0 Å². The molecule has 1 aromatic carbocycles. The molecule has 0 aromatic heterocycles. The van der Waals surface area contributed by atoms with E-state index >= 15 is 0 Å². The largest absolute Gasteiger partial charge is 0.497 e. The summed E-state index contributed by atoms with van der Waals surface area (Å²) in [4.78, 5) is -0.887. The van der Waals surface area contributed by atoms with Gasteiger partial charge in [-0.25, -0.2) is 0 Å². The van der Waals surface area contributed by atoms with Gasteiger partial charge < -0.3 is 14.6 Å². The van der Waals surface area contributed by atoms with Crippen LogP contribution in [0.15, 0.2) is 18.2 Å². The number of alkyl halides is 2. The van der Waals surface area contributed by atoms with Crippen LogP contribution in [0.4, 0.5) is 0 Å². The maximum atomic E-state index is 9.66. The van der Waals surface area contributed by atoms with Gasteiger partial charge in [-0.15, -0.1) is 23.2 Å². The van der Waals surface area contributed by atoms with Crippen LogP contribution in [0.3, 0.4) is 0 Å². The minimum absolute atomic E-state index is 0.557. The van der Waals surface area contributed by atoms with Gasteiger partial charge in [-0.1, -0.05) is 0 Å². The van der Waals surface area contributed by atoms with E-state index in [9.17, 15) is 5.11 Å². The Balaban J connectivity index is 3.06. The molecule has 0 fully saturated rings. The number of methoxy groups -OCH3 is 2. The van der Waals surface area contributed by atoms with Gasteiger partial charge in [0.05, 0.1) is 14.2 Å². The third-order valence-electron chi connectivity index (χ3n) is 1.95. The molecule has 1 aromatic rings. The number of halogens is 2. The van der Waals surface area contributed by atoms with Crippen LogP contribution in [-0.2, 0) is 0 Å². The summed E-state index contributed by atoms with van der Waals surface area (Å²) in [6, 6.07) is 5.02. The number of aliphatic hydroxyl groups excluding tert-OH is 1. The van der Waals surface area contributed by atoms with E-state index in [4.69, 9.17) is 32.7 Å². The van der Waals surface area contributed by atoms with Crippen molar-refractivity contribution in [1.29, 1.82) is 0 Å². The van der Waals surface area contributed by atoms with Gasteiger partial charge in [0.25, 0.3) is 0 Å². The van der Waals surface area contributed by atoms with E-state index in [-0.39, 0.29) is 0 Å². The molecular weight excluding hydrogens is 239 g/mol. The van der Waals surface area contributed by atoms with Crippen LogP contribution in [0.25, 0.3) is 0 Å². The standard InChI is InChI=1S/C10H12Cl2O3/c1-14-7-3-6(9(13)10(11)12)4-8(5-7)15-2/h3-5,9-10,13H,1-2H3. The number of hydrogen-bond acceptors (Lipinski definition) is 3. The topological polar surface area (TPSA) is 38.7 Å². The zero-order chi connectivity index (χ0) is 11.4. The summed E-state index contributed by atoms with van der Waals surface area (Å²) in [5.74, 6) is 1.16. The molecule has 0 saturated heterocycles. The number of ether oxygens (including phenoxy) is 2. The summed E-state index contributed by atoms with van der Waals surface area (Å²) in [5, 5.41) is 9.66. The monoisotopic (exact) mass is 250 g/mol. The quantitative estimate of drug-likeness (QED) is 0.835. The number of aliphatic hydroxyl groups is 1. The first kappa shape index (κ1) is 12.4. The molecule has 0 spiro atoms. The van der Waals surface area contributed by atoms with Crippen molar-refractivity contribution < 1.29 is 14.6 Å². The summed E-state index contributed by atoms with van der Waals surface area (Å²) in [7, 11) is 3.06. The number of benzene rings is 1. The van der Waals surface area contributed by atoms with Crippen molar-refractivity contribution in [3.8, 4) is 11.5 Å². The molecule has 1 unspecified atom stereocenters. The maximum Gasteiger partial charge on any atom is 0.137 e. The van der Waals surface area contributed by atoms with Crippen molar-refractivity contribution in [2.75, 3.05) is 14.2 Å². The Morgan fingerprint density at radius 3 is 1.87 bits per heavy atom. The molecule has 1 rings (SSSR count). The predicted molar refractivity (Wildman–Crippen MR) is 60.0 cm³/mol. The lowest BCUT2D eigenvalue weighted by atomic mass is 10.1. The lowest BCUT2D eigenvalue weighted by Crippen LogP contribution is -2.06. The molecule has 0 aliphatic heterocycles. The van der Waals surface area contributed by atoms with Gasteiger partial charge in [0, 0.05) is 6.07 Å². The lowest BCUT2D eigenvalue weighted by molar-refractivity contribution is 0.192. The van der Waals surface area contributed by atoms with Crippen molar-refractivity contribution in [3.05, 3.63) is 23.8 Å². The molecule has 3 nitrogen and oxygen atoms in total. The normalized spacial score (nSPS) is 12.7. The van der Waals surface area contributed by atoms with E-state index in [2.05, 4.69) is 0 Å². The fraction of sp³-hybridized carbons (Fsp3) is 0.400. The summed E-state index contributed by atoms with van der Waals surface area (Å²) in [5.41, 5.74) is 0.557. The van der Waals surface area contributed by atoms with Crippen LogP contribution in [0.1, 0.15) is 11.7 Å². The summed E-state index contributed by atoms with van der Waals surface area (Å²) >= 11 is 11.2. The lowest BCUT2D eigenvalue weighted by Gasteiger charge is -2.14. The molecule has 0 amide bonds. The molecule has 1 atom stereocenters. The molecular formula is C10H12Cl2O3. The van der Waals surface area contributed by atoms with Crippen LogP contribution < -0.4 is 9.47 Å². The SMILES string of the molecule is COc1cc(OC)cc(C(O)C(Cl)Cl)c1. The van der Waals surface area contributed by atoms with Gasteiger partial charge in [0.15, 0.2) is 0 Å². The Labute approximate surface area is 98.5 Å². The van der Waals surface area contributed by atoms with Crippen LogP contribution in [-0.4, -0.2) is 24.2 Å². The maximum absolute atomic E-state index is 9.66. The van der Waals surface area contributed by atoms with E-state index < -0.39 is 10.9 Å². The molecule has 0 aliphatic carbocycles. The van der Waals surface area contributed by atoms with Crippen molar-refractivity contribution in [2.45, 2.75) is 10.9 Å². The molecule has 5 heteroatoms. The van der Waals surface area contributed by atoms with Gasteiger partial charge in [-0.05, 0) is 17.7 Å². The second kappa shape index (κ2) is 5.45. The van der Waals surface area contributed by atoms with E-state index in [1.165, 1.54) is 14.2 Å². The average Bonchev–Trinajstić information content (AvgIpc) is 2.27. The highest BCUT2D eigenvalue weighted by Crippen LogP contribution is 2.30. The van der Waals surface area contributed by atoms with E-state index in [0.29, 0.717) is 17.1 Å². The molecule has 84 valence electrons. The molecule has 1 N–H and O–H groups in total. The van der Waals surface area contributed by atoms with Gasteiger partial charge in [0.1, 0.15) is 22.4 Å². The number of hydrogen-bond donors (Lipinski definition) is 1. The highest BCUT2D eigenvalue weighted by atomic mass is 35.5. The molecule has 0 aliphatic rings. The van der Waals surface area contributed by atoms with Crippen molar-refractivity contribution >= 4 is 23.2 Å².